The highest BCUT2D eigenvalue weighted by Crippen LogP contribution is 2.15. The summed E-state index contributed by atoms with van der Waals surface area (Å²) in [4.78, 5) is -0.168. The molecule has 0 saturated carbocycles. The van der Waals surface area contributed by atoms with Crippen molar-refractivity contribution < 1.29 is 13.0 Å². The van der Waals surface area contributed by atoms with Gasteiger partial charge in [-0.2, -0.15) is 13.5 Å². The standard InChI is InChI=1S/C13H11ClN2O3S/c14-13-4-2-1-3-10(13)9-15-16-11-5-7-12(8-6-11)20(17,18)19/h1-9,16H,(H,17,18,19)/b15-9+. The lowest BCUT2D eigenvalue weighted by Gasteiger charge is -2.02. The Morgan fingerprint density at radius 3 is 2.35 bits per heavy atom. The first-order chi connectivity index (χ1) is 9.47. The van der Waals surface area contributed by atoms with Gasteiger partial charge in [-0.25, -0.2) is 0 Å². The number of halogens is 1. The van der Waals surface area contributed by atoms with Crippen LogP contribution < -0.4 is 5.43 Å². The normalized spacial score (nSPS) is 11.7. The van der Waals surface area contributed by atoms with Crippen molar-refractivity contribution in [1.82, 2.24) is 0 Å². The molecule has 7 heteroatoms. The molecule has 0 aliphatic heterocycles. The summed E-state index contributed by atoms with van der Waals surface area (Å²) in [6.07, 6.45) is 1.55. The van der Waals surface area contributed by atoms with Gasteiger partial charge in [0.2, 0.25) is 0 Å². The quantitative estimate of drug-likeness (QED) is 0.517. The molecule has 0 spiro atoms. The number of hydrogen-bond acceptors (Lipinski definition) is 4. The fourth-order valence-corrected chi connectivity index (χ4v) is 2.12. The summed E-state index contributed by atoms with van der Waals surface area (Å²) in [5.41, 5.74) is 4.08. The molecule has 2 aromatic carbocycles. The minimum absolute atomic E-state index is 0.168. The number of benzene rings is 2. The molecular weight excluding hydrogens is 300 g/mol. The van der Waals surface area contributed by atoms with Crippen LogP contribution in [0, 0.1) is 0 Å². The van der Waals surface area contributed by atoms with Crippen molar-refractivity contribution in [1.29, 1.82) is 0 Å². The second kappa shape index (κ2) is 6.04. The number of nitrogens with one attached hydrogen (secondary N) is 1. The fourth-order valence-electron chi connectivity index (χ4n) is 1.46. The Morgan fingerprint density at radius 2 is 1.75 bits per heavy atom. The predicted molar refractivity (Wildman–Crippen MR) is 78.9 cm³/mol. The lowest BCUT2D eigenvalue weighted by atomic mass is 10.2. The van der Waals surface area contributed by atoms with Crippen LogP contribution in [0.4, 0.5) is 5.69 Å². The van der Waals surface area contributed by atoms with Crippen molar-refractivity contribution in [3.8, 4) is 0 Å². The largest absolute Gasteiger partial charge is 0.294 e. The van der Waals surface area contributed by atoms with E-state index in [9.17, 15) is 8.42 Å². The van der Waals surface area contributed by atoms with Crippen molar-refractivity contribution >= 4 is 33.6 Å². The van der Waals surface area contributed by atoms with Gasteiger partial charge in [0, 0.05) is 10.6 Å². The van der Waals surface area contributed by atoms with Gasteiger partial charge >= 0.3 is 0 Å². The number of hydrogen-bond donors (Lipinski definition) is 2. The number of hydrazone groups is 1. The molecule has 0 aromatic heterocycles. The Bertz CT molecular complexity index is 728. The lowest BCUT2D eigenvalue weighted by molar-refractivity contribution is 0.483. The molecule has 0 amide bonds. The van der Waals surface area contributed by atoms with Crippen LogP contribution in [0.5, 0.6) is 0 Å². The molecular formula is C13H11ClN2O3S. The van der Waals surface area contributed by atoms with Crippen LogP contribution in [0.1, 0.15) is 5.56 Å². The first kappa shape index (κ1) is 14.5. The second-order valence-corrected chi connectivity index (χ2v) is 5.72. The summed E-state index contributed by atoms with van der Waals surface area (Å²) in [5.74, 6) is 0. The van der Waals surface area contributed by atoms with Crippen molar-refractivity contribution in [2.75, 3.05) is 5.43 Å². The molecule has 0 atom stereocenters. The summed E-state index contributed by atoms with van der Waals surface area (Å²) in [6, 6.07) is 12.8. The zero-order valence-electron chi connectivity index (χ0n) is 10.2. The Hall–Kier alpha value is -1.89. The van der Waals surface area contributed by atoms with Crippen molar-refractivity contribution in [2.24, 2.45) is 5.10 Å². The number of anilines is 1. The highest BCUT2D eigenvalue weighted by atomic mass is 35.5. The average Bonchev–Trinajstić information content (AvgIpc) is 2.40. The van der Waals surface area contributed by atoms with Gasteiger partial charge in [-0.05, 0) is 30.3 Å². The van der Waals surface area contributed by atoms with Crippen molar-refractivity contribution in [2.45, 2.75) is 4.90 Å². The van der Waals surface area contributed by atoms with Gasteiger partial charge in [0.1, 0.15) is 0 Å². The van der Waals surface area contributed by atoms with E-state index in [2.05, 4.69) is 10.5 Å². The fraction of sp³-hybridized carbons (Fsp3) is 0. The predicted octanol–water partition coefficient (Wildman–Crippen LogP) is 3.03. The number of rotatable bonds is 4. The molecule has 0 heterocycles. The molecule has 0 saturated heterocycles. The monoisotopic (exact) mass is 310 g/mol. The van der Waals surface area contributed by atoms with E-state index in [-0.39, 0.29) is 4.90 Å². The summed E-state index contributed by atoms with van der Waals surface area (Å²) >= 11 is 5.96. The molecule has 2 N–H and O–H groups in total. The molecule has 0 unspecified atom stereocenters. The molecule has 20 heavy (non-hydrogen) atoms. The van der Waals surface area contributed by atoms with Gasteiger partial charge in [-0.3, -0.25) is 9.98 Å². The third-order valence-electron chi connectivity index (χ3n) is 2.45. The first-order valence-electron chi connectivity index (χ1n) is 5.58. The molecule has 2 aromatic rings. The molecule has 0 radical (unpaired) electrons. The van der Waals surface area contributed by atoms with Crippen LogP contribution in [0.15, 0.2) is 58.5 Å². The zero-order chi connectivity index (χ0) is 14.6. The molecule has 0 bridgehead atoms. The Labute approximate surface area is 121 Å². The molecule has 104 valence electrons. The lowest BCUT2D eigenvalue weighted by Crippen LogP contribution is -1.98. The van der Waals surface area contributed by atoms with Crippen LogP contribution >= 0.6 is 11.6 Å². The molecule has 5 nitrogen and oxygen atoms in total. The van der Waals surface area contributed by atoms with Crippen LogP contribution in [-0.2, 0) is 10.1 Å². The van der Waals surface area contributed by atoms with Gasteiger partial charge in [0.05, 0.1) is 16.8 Å². The van der Waals surface area contributed by atoms with Gasteiger partial charge in [0.25, 0.3) is 10.1 Å². The summed E-state index contributed by atoms with van der Waals surface area (Å²) in [6.45, 7) is 0. The Morgan fingerprint density at radius 1 is 1.10 bits per heavy atom. The van der Waals surface area contributed by atoms with E-state index in [1.54, 1.807) is 12.3 Å². The summed E-state index contributed by atoms with van der Waals surface area (Å²) in [5, 5.41) is 4.58. The maximum atomic E-state index is 10.9. The highest BCUT2D eigenvalue weighted by Gasteiger charge is 2.07. The van der Waals surface area contributed by atoms with Crippen LogP contribution in [0.2, 0.25) is 5.02 Å². The van der Waals surface area contributed by atoms with Crippen molar-refractivity contribution in [3.05, 3.63) is 59.1 Å². The SMILES string of the molecule is O=S(=O)(O)c1ccc(N/N=C/c2ccccc2Cl)cc1. The van der Waals surface area contributed by atoms with E-state index in [1.165, 1.54) is 24.3 Å². The van der Waals surface area contributed by atoms with E-state index in [1.807, 2.05) is 18.2 Å². The van der Waals surface area contributed by atoms with Gasteiger partial charge in [-0.1, -0.05) is 29.8 Å². The summed E-state index contributed by atoms with van der Waals surface area (Å²) in [7, 11) is -4.17. The van der Waals surface area contributed by atoms with E-state index in [0.29, 0.717) is 10.7 Å². The minimum Gasteiger partial charge on any atom is -0.282 e. The molecule has 0 fully saturated rings. The van der Waals surface area contributed by atoms with Gasteiger partial charge in [-0.15, -0.1) is 0 Å². The average molecular weight is 311 g/mol. The van der Waals surface area contributed by atoms with Crippen LogP contribution in [0.3, 0.4) is 0 Å². The number of nitrogens with zero attached hydrogens (tertiary/aromatic N) is 1. The Balaban J connectivity index is 2.07. The maximum absolute atomic E-state index is 10.9. The second-order valence-electron chi connectivity index (χ2n) is 3.89. The van der Waals surface area contributed by atoms with E-state index in [4.69, 9.17) is 16.2 Å². The van der Waals surface area contributed by atoms with Gasteiger partial charge < -0.3 is 0 Å². The maximum Gasteiger partial charge on any atom is 0.294 e. The first-order valence-corrected chi connectivity index (χ1v) is 7.40. The minimum atomic E-state index is -4.17. The van der Waals surface area contributed by atoms with Crippen molar-refractivity contribution in [3.63, 3.8) is 0 Å². The molecule has 0 aliphatic carbocycles. The van der Waals surface area contributed by atoms with Gasteiger partial charge in [0.15, 0.2) is 0 Å². The third kappa shape index (κ3) is 3.80. The van der Waals surface area contributed by atoms with E-state index >= 15 is 0 Å². The highest BCUT2D eigenvalue weighted by molar-refractivity contribution is 7.85. The van der Waals surface area contributed by atoms with E-state index in [0.717, 1.165) is 5.56 Å². The summed E-state index contributed by atoms with van der Waals surface area (Å²) < 4.78 is 30.6. The molecule has 2 rings (SSSR count). The third-order valence-corrected chi connectivity index (χ3v) is 3.67. The Kier molecular flexibility index (Phi) is 4.39. The smallest absolute Gasteiger partial charge is 0.282 e. The van der Waals surface area contributed by atoms with E-state index < -0.39 is 10.1 Å². The zero-order valence-corrected chi connectivity index (χ0v) is 11.8. The molecule has 0 aliphatic rings. The van der Waals surface area contributed by atoms with Crippen LogP contribution in [0.25, 0.3) is 0 Å². The van der Waals surface area contributed by atoms with Crippen LogP contribution in [-0.4, -0.2) is 19.2 Å². The topological polar surface area (TPSA) is 78.8 Å².